The molecule has 6 rings (SSSR count). The molecule has 0 unspecified atom stereocenters. The van der Waals surface area contributed by atoms with E-state index >= 15 is 0 Å². The van der Waals surface area contributed by atoms with E-state index in [4.69, 9.17) is 21.7 Å². The molecule has 2 aromatic heterocycles. The molecular formula is C36H45ClF3N7O2S2. The summed E-state index contributed by atoms with van der Waals surface area (Å²) in [7, 11) is 3.22. The largest absolute Gasteiger partial charge is 0.493 e. The molecule has 9 nitrogen and oxygen atoms in total. The zero-order valence-electron chi connectivity index (χ0n) is 29.8. The minimum absolute atomic E-state index is 0.581. The number of nitrogens with zero attached hydrogens (tertiary/aromatic N) is 4. The average molecular weight is 764 g/mol. The van der Waals surface area contributed by atoms with Crippen molar-refractivity contribution in [3.63, 3.8) is 0 Å². The van der Waals surface area contributed by atoms with Crippen molar-refractivity contribution in [2.24, 2.45) is 0 Å². The molecule has 0 aliphatic carbocycles. The van der Waals surface area contributed by atoms with Crippen molar-refractivity contribution >= 4 is 80.0 Å². The summed E-state index contributed by atoms with van der Waals surface area (Å²) in [6.45, 7) is 11.1. The molecule has 0 radical (unpaired) electrons. The fraction of sp³-hybridized carbons (Fsp3) is 0.361. The summed E-state index contributed by atoms with van der Waals surface area (Å²) in [5.41, 5.74) is 2.39. The number of aromatic amines is 1. The van der Waals surface area contributed by atoms with Gasteiger partial charge in [-0.2, -0.15) is 13.2 Å². The van der Waals surface area contributed by atoms with Gasteiger partial charge in [0, 0.05) is 60.3 Å². The van der Waals surface area contributed by atoms with Crippen molar-refractivity contribution in [2.75, 3.05) is 61.7 Å². The Morgan fingerprint density at radius 1 is 0.902 bits per heavy atom. The lowest BCUT2D eigenvalue weighted by Crippen LogP contribution is -2.50. The number of hydrogen-bond acceptors (Lipinski definition) is 8. The zero-order chi connectivity index (χ0) is 37.6. The first kappa shape index (κ1) is 41.3. The second-order valence-corrected chi connectivity index (χ2v) is 12.0. The highest BCUT2D eigenvalue weighted by molar-refractivity contribution is 8.00. The molecule has 1 fully saturated rings. The van der Waals surface area contributed by atoms with Gasteiger partial charge in [0.25, 0.3) is 0 Å². The molecule has 1 aliphatic heterocycles. The Labute approximate surface area is 312 Å². The van der Waals surface area contributed by atoms with E-state index in [0.29, 0.717) is 35.4 Å². The number of fused-ring (bicyclic) bond motifs is 3. The van der Waals surface area contributed by atoms with Crippen LogP contribution in [-0.2, 0) is 6.18 Å². The van der Waals surface area contributed by atoms with Crippen LogP contribution in [0.2, 0.25) is 0 Å². The average Bonchev–Trinajstić information content (AvgIpc) is 3.53. The maximum atomic E-state index is 12.8. The first-order chi connectivity index (χ1) is 24.6. The number of nitrogens with one attached hydrogen (secondary N) is 3. The number of hydrogen-bond donors (Lipinski definition) is 3. The van der Waals surface area contributed by atoms with Crippen LogP contribution in [0.25, 0.3) is 21.9 Å². The molecule has 3 heterocycles. The first-order valence-corrected chi connectivity index (χ1v) is 18.4. The number of alkyl halides is 4. The zero-order valence-corrected chi connectivity index (χ0v) is 32.2. The van der Waals surface area contributed by atoms with Crippen LogP contribution < -0.4 is 24.4 Å². The van der Waals surface area contributed by atoms with Gasteiger partial charge in [0.15, 0.2) is 16.6 Å². The van der Waals surface area contributed by atoms with Gasteiger partial charge in [-0.1, -0.05) is 34.1 Å². The number of H-pyrrole nitrogens is 1. The van der Waals surface area contributed by atoms with E-state index in [9.17, 15) is 13.2 Å². The van der Waals surface area contributed by atoms with Gasteiger partial charge in [-0.05, 0) is 78.8 Å². The predicted molar refractivity (Wildman–Crippen MR) is 211 cm³/mol. The Morgan fingerprint density at radius 3 is 2.04 bits per heavy atom. The molecule has 0 spiro atoms. The molecule has 0 bridgehead atoms. The topological polar surface area (TPSA) is 90.6 Å². The number of halogens is 4. The molecule has 1 saturated heterocycles. The highest BCUT2D eigenvalue weighted by Crippen LogP contribution is 2.38. The van der Waals surface area contributed by atoms with Crippen LogP contribution in [0, 0.1) is 0 Å². The van der Waals surface area contributed by atoms with Crippen molar-refractivity contribution in [1.29, 1.82) is 0 Å². The van der Waals surface area contributed by atoms with Crippen molar-refractivity contribution < 1.29 is 22.6 Å². The number of thiocarbonyl (C=S) groups is 1. The molecule has 0 saturated carbocycles. The number of aromatic nitrogens is 3. The van der Waals surface area contributed by atoms with Crippen LogP contribution in [0.1, 0.15) is 39.7 Å². The van der Waals surface area contributed by atoms with Crippen LogP contribution in [0.4, 0.5) is 30.4 Å². The Morgan fingerprint density at radius 2 is 1.47 bits per heavy atom. The quantitative estimate of drug-likeness (QED) is 0.0846. The maximum Gasteiger partial charge on any atom is 0.416 e. The lowest BCUT2D eigenvalue weighted by molar-refractivity contribution is -0.137. The number of ether oxygens (including phenoxy) is 2. The van der Waals surface area contributed by atoms with E-state index in [-0.39, 0.29) is 0 Å². The molecule has 3 aromatic carbocycles. The van der Waals surface area contributed by atoms with Gasteiger partial charge in [-0.3, -0.25) is 0 Å². The summed E-state index contributed by atoms with van der Waals surface area (Å²) in [5.74, 6) is 2.13. The number of benzene rings is 3. The molecule has 3 N–H and O–H groups in total. The van der Waals surface area contributed by atoms with Gasteiger partial charge in [0.05, 0.1) is 30.7 Å². The van der Waals surface area contributed by atoms with E-state index in [1.165, 1.54) is 36.9 Å². The van der Waals surface area contributed by atoms with Gasteiger partial charge in [-0.25, -0.2) is 9.97 Å². The SMILES string of the molecule is CC.CCC.CCl.COc1cc2[nH]c3ncnc(N4CCN(C(=S)Nc5ccc(SNc6ccc(C(F)(F)F)cc6)cc5)CC4)c3c2cc1OC. The minimum Gasteiger partial charge on any atom is -0.493 e. The van der Waals surface area contributed by atoms with E-state index in [1.54, 1.807) is 20.5 Å². The van der Waals surface area contributed by atoms with Crippen molar-refractivity contribution in [3.8, 4) is 11.5 Å². The predicted octanol–water partition coefficient (Wildman–Crippen LogP) is 10.1. The Balaban J connectivity index is 0.000000938. The third kappa shape index (κ3) is 10.7. The number of methoxy groups -OCH3 is 2. The fourth-order valence-electron chi connectivity index (χ4n) is 5.05. The van der Waals surface area contributed by atoms with Gasteiger partial charge < -0.3 is 34.3 Å². The number of rotatable bonds is 7. The Hall–Kier alpha value is -4.14. The highest BCUT2D eigenvalue weighted by atomic mass is 35.5. The van der Waals surface area contributed by atoms with Gasteiger partial charge in [0.2, 0.25) is 0 Å². The highest BCUT2D eigenvalue weighted by Gasteiger charge is 2.30. The molecule has 276 valence electrons. The van der Waals surface area contributed by atoms with Gasteiger partial charge in [-0.15, -0.1) is 11.6 Å². The molecule has 1 aliphatic rings. The second kappa shape index (κ2) is 20.0. The normalized spacial score (nSPS) is 12.5. The van der Waals surface area contributed by atoms with Crippen LogP contribution >= 0.6 is 35.8 Å². The van der Waals surface area contributed by atoms with Crippen molar-refractivity contribution in [2.45, 2.75) is 45.2 Å². The fourth-order valence-corrected chi connectivity index (χ4v) is 6.00. The van der Waals surface area contributed by atoms with Crippen LogP contribution in [-0.4, -0.2) is 71.7 Å². The van der Waals surface area contributed by atoms with Crippen LogP contribution in [0.5, 0.6) is 11.5 Å². The van der Waals surface area contributed by atoms with Crippen LogP contribution in [0.3, 0.4) is 0 Å². The van der Waals surface area contributed by atoms with E-state index in [1.807, 2.05) is 50.2 Å². The number of piperazine rings is 1. The summed E-state index contributed by atoms with van der Waals surface area (Å²) >= 11 is 11.7. The van der Waals surface area contributed by atoms with Crippen LogP contribution in [0.15, 0.2) is 71.9 Å². The molecule has 5 aromatic rings. The molecule has 0 atom stereocenters. The Kier molecular flexibility index (Phi) is 16.2. The van der Waals surface area contributed by atoms with Gasteiger partial charge >= 0.3 is 6.18 Å². The first-order valence-electron chi connectivity index (χ1n) is 16.4. The summed E-state index contributed by atoms with van der Waals surface area (Å²) in [5, 5.41) is 5.83. The van der Waals surface area contributed by atoms with E-state index in [2.05, 4.69) is 60.2 Å². The minimum atomic E-state index is -4.35. The van der Waals surface area contributed by atoms with Gasteiger partial charge in [0.1, 0.15) is 17.8 Å². The van der Waals surface area contributed by atoms with E-state index in [0.717, 1.165) is 63.6 Å². The molecule has 51 heavy (non-hydrogen) atoms. The van der Waals surface area contributed by atoms with E-state index < -0.39 is 11.7 Å². The van der Waals surface area contributed by atoms with Crippen molar-refractivity contribution in [1.82, 2.24) is 19.9 Å². The lowest BCUT2D eigenvalue weighted by atomic mass is 10.1. The molecule has 0 amide bonds. The summed E-state index contributed by atoms with van der Waals surface area (Å²) in [6.07, 6.45) is -0.0597. The third-order valence-corrected chi connectivity index (χ3v) is 8.55. The smallest absolute Gasteiger partial charge is 0.416 e. The third-order valence-electron chi connectivity index (χ3n) is 7.34. The molecule has 15 heteroatoms. The van der Waals surface area contributed by atoms with Crippen molar-refractivity contribution in [3.05, 3.63) is 72.6 Å². The monoisotopic (exact) mass is 763 g/mol. The Bertz CT molecular complexity index is 1820. The maximum absolute atomic E-state index is 12.8. The standard InChI is InChI=1S/C30H28F3N7O2S2.C3H8.C2H6.CH3Cl/c1-41-24-15-22-23(16-25(24)42-2)37-27-26(22)28(35-17-34-27)39-11-13-40(14-12-39)29(43)36-19-7-9-21(10-8-19)44-38-20-5-3-18(4-6-20)30(31,32)33;1-3-2;2*1-2/h3-10,15-17,38H,11-14H2,1-2H3,(H,36,43)(H,34,35,37);3H2,1-2H3;1-2H3;1H3. The second-order valence-electron chi connectivity index (χ2n) is 10.7. The summed E-state index contributed by atoms with van der Waals surface area (Å²) < 4.78 is 52.4. The summed E-state index contributed by atoms with van der Waals surface area (Å²) in [6, 6.07) is 16.4. The summed E-state index contributed by atoms with van der Waals surface area (Å²) in [4.78, 5) is 17.7. The molecular weight excluding hydrogens is 719 g/mol. The lowest BCUT2D eigenvalue weighted by Gasteiger charge is -2.37. The number of anilines is 3.